The van der Waals surface area contributed by atoms with Gasteiger partial charge in [-0.1, -0.05) is 132 Å². The Morgan fingerprint density at radius 2 is 0.510 bits per heavy atom. The molecule has 0 saturated carbocycles. The maximum absolute atomic E-state index is 11.3. The van der Waals surface area contributed by atoms with Gasteiger partial charge < -0.3 is 0 Å². The molecule has 0 atom stereocenters. The van der Waals surface area contributed by atoms with Crippen molar-refractivity contribution in [1.82, 2.24) is 0 Å². The number of rotatable bonds is 0. The van der Waals surface area contributed by atoms with E-state index in [0.717, 1.165) is 61.2 Å². The molecule has 0 heterocycles. The van der Waals surface area contributed by atoms with Crippen molar-refractivity contribution in [2.45, 2.75) is 41.5 Å². The van der Waals surface area contributed by atoms with Gasteiger partial charge in [-0.3, -0.25) is 0 Å². The molecule has 0 N–H and O–H groups in total. The van der Waals surface area contributed by atoms with E-state index in [1.807, 2.05) is 241 Å². The van der Waals surface area contributed by atoms with Crippen molar-refractivity contribution >= 4 is 58.6 Å². The van der Waals surface area contributed by atoms with E-state index in [9.17, 15) is 10.5 Å². The third-order valence-electron chi connectivity index (χ3n) is 15.8. The fourth-order valence-electron chi connectivity index (χ4n) is 10.9. The zero-order chi connectivity index (χ0) is 67.1. The maximum atomic E-state index is 11.3. The Morgan fingerprint density at radius 1 is 0.250 bits per heavy atom. The SMILES string of the molecule is [C-]#[N+]/C1=C\c2cc(C#Cc3cccc(C)c3)cc(c2)/C([N+]#[C-])=C/c2cc(C#Cc3cccc(C)c3)cc(c2)/C([N+]#[C-])=C/c2cc(C#Cc3ccc(C)c(C)c3)cc(c2)/C(C#N)=C/c2cc(C#Cc3cccc(C)c3)cc(c2)C(C#N)=Cc2cc(C#Cc3cccc(C)c3)cc1c2. The molecule has 11 rings (SSSR count). The summed E-state index contributed by atoms with van der Waals surface area (Å²) in [6, 6.07) is 71.0. The molecular formula is C91H57N5. The van der Waals surface area contributed by atoms with Crippen LogP contribution in [0.25, 0.3) is 73.2 Å². The predicted molar refractivity (Wildman–Crippen MR) is 393 cm³/mol. The maximum Gasteiger partial charge on any atom is 0.194 e. The molecule has 0 unspecified atom stereocenters. The van der Waals surface area contributed by atoms with Crippen molar-refractivity contribution in [2.24, 2.45) is 0 Å². The van der Waals surface area contributed by atoms with Crippen molar-refractivity contribution in [1.29, 1.82) is 10.5 Å². The number of nitrogens with zero attached hydrogens (tertiary/aromatic N) is 5. The van der Waals surface area contributed by atoms with Gasteiger partial charge in [0.15, 0.2) is 17.1 Å². The molecule has 0 saturated heterocycles. The molecule has 1 aliphatic rings. The summed E-state index contributed by atoms with van der Waals surface area (Å²) in [6.45, 7) is 38.6. The minimum atomic E-state index is 0.270. The summed E-state index contributed by atoms with van der Waals surface area (Å²) in [5.41, 5.74) is 20.6. The lowest BCUT2D eigenvalue weighted by Crippen LogP contribution is -1.92. The fraction of sp³-hybridized carbons (Fsp3) is 0.0659. The van der Waals surface area contributed by atoms with E-state index in [-0.39, 0.29) is 28.2 Å². The lowest BCUT2D eigenvalue weighted by Gasteiger charge is -2.09. The lowest BCUT2D eigenvalue weighted by molar-refractivity contribution is 1.33. The average Bonchev–Trinajstić information content (AvgIpc) is 0.868. The third kappa shape index (κ3) is 16.6. The van der Waals surface area contributed by atoms with Gasteiger partial charge in [0, 0.05) is 55.6 Å². The van der Waals surface area contributed by atoms with E-state index in [1.54, 1.807) is 30.4 Å². The van der Waals surface area contributed by atoms with Crippen LogP contribution in [0.15, 0.2) is 206 Å². The number of fused-ring (bicyclic) bond motifs is 10. The molecule has 0 amide bonds. The molecule has 0 aliphatic heterocycles. The monoisotopic (exact) mass is 1220 g/mol. The van der Waals surface area contributed by atoms with Crippen molar-refractivity contribution in [3.05, 3.63) is 385 Å². The van der Waals surface area contributed by atoms with Crippen molar-refractivity contribution < 1.29 is 0 Å². The van der Waals surface area contributed by atoms with E-state index in [4.69, 9.17) is 19.7 Å². The number of aryl methyl sites for hydroxylation is 6. The smallest absolute Gasteiger partial charge is 0.194 e. The van der Waals surface area contributed by atoms with Crippen LogP contribution >= 0.6 is 0 Å². The highest BCUT2D eigenvalue weighted by Crippen LogP contribution is 2.33. The molecule has 0 aromatic heterocycles. The van der Waals surface area contributed by atoms with Crippen LogP contribution in [0, 0.1) is 143 Å². The number of hydrogen-bond acceptors (Lipinski definition) is 2. The highest BCUT2D eigenvalue weighted by atomic mass is 14.7. The Balaban J connectivity index is 1.21. The van der Waals surface area contributed by atoms with Crippen molar-refractivity contribution in [3.63, 3.8) is 0 Å². The van der Waals surface area contributed by atoms with Gasteiger partial charge in [0.05, 0.1) is 43.0 Å². The van der Waals surface area contributed by atoms with Gasteiger partial charge in [0.2, 0.25) is 0 Å². The van der Waals surface area contributed by atoms with Crippen LogP contribution in [0.5, 0.6) is 0 Å². The molecule has 446 valence electrons. The second kappa shape index (κ2) is 29.4. The van der Waals surface area contributed by atoms with E-state index >= 15 is 0 Å². The number of nitriles is 2. The van der Waals surface area contributed by atoms with Crippen LogP contribution in [0.2, 0.25) is 0 Å². The zero-order valence-electron chi connectivity index (χ0n) is 53.8. The van der Waals surface area contributed by atoms with Crippen LogP contribution in [0.1, 0.15) is 145 Å². The molecule has 10 aromatic rings. The van der Waals surface area contributed by atoms with Crippen LogP contribution in [0.4, 0.5) is 0 Å². The number of hydrogen-bond donors (Lipinski definition) is 0. The number of benzene rings is 10. The van der Waals surface area contributed by atoms with Crippen molar-refractivity contribution in [2.75, 3.05) is 0 Å². The Kier molecular flexibility index (Phi) is 19.5. The molecule has 0 spiro atoms. The lowest BCUT2D eigenvalue weighted by atomic mass is 9.94. The van der Waals surface area contributed by atoms with Crippen molar-refractivity contribution in [3.8, 4) is 71.3 Å². The third-order valence-corrected chi connectivity index (χ3v) is 15.8. The largest absolute Gasteiger partial charge is 0.238 e. The van der Waals surface area contributed by atoms with E-state index in [1.165, 1.54) is 0 Å². The molecule has 0 fully saturated rings. The summed E-state index contributed by atoms with van der Waals surface area (Å²) in [7, 11) is 0. The summed E-state index contributed by atoms with van der Waals surface area (Å²) in [4.78, 5) is 12.5. The van der Waals surface area contributed by atoms with Crippen LogP contribution in [0.3, 0.4) is 0 Å². The van der Waals surface area contributed by atoms with E-state index < -0.39 is 0 Å². The first-order valence-electron chi connectivity index (χ1n) is 30.9. The fourth-order valence-corrected chi connectivity index (χ4v) is 10.9. The molecule has 0 radical (unpaired) electrons. The Labute approximate surface area is 563 Å². The summed E-state index contributed by atoms with van der Waals surface area (Å²) in [6.07, 6.45) is 8.91. The second-order valence-corrected chi connectivity index (χ2v) is 23.5. The van der Waals surface area contributed by atoms with Gasteiger partial charge in [0.25, 0.3) is 0 Å². The van der Waals surface area contributed by atoms with Gasteiger partial charge in [-0.15, -0.1) is 0 Å². The molecule has 96 heavy (non-hydrogen) atoms. The van der Waals surface area contributed by atoms with Gasteiger partial charge in [-0.05, 0) is 294 Å². The topological polar surface area (TPSA) is 60.7 Å². The summed E-state index contributed by atoms with van der Waals surface area (Å²) in [5.74, 6) is 33.5. The normalized spacial score (nSPS) is 13.4. The molecular weight excluding hydrogens is 1160 g/mol. The molecule has 1 aliphatic carbocycles. The first-order valence-corrected chi connectivity index (χ1v) is 30.9. The minimum Gasteiger partial charge on any atom is -0.238 e. The van der Waals surface area contributed by atoms with Gasteiger partial charge >= 0.3 is 0 Å². The highest BCUT2D eigenvalue weighted by Gasteiger charge is 2.15. The minimum absolute atomic E-state index is 0.270. The first-order chi connectivity index (χ1) is 46.6. The molecule has 10 aromatic carbocycles. The quantitative estimate of drug-likeness (QED) is 0.112. The predicted octanol–water partition coefficient (Wildman–Crippen LogP) is 20.2. The van der Waals surface area contributed by atoms with E-state index in [0.29, 0.717) is 83.5 Å². The first kappa shape index (κ1) is 63.7. The highest BCUT2D eigenvalue weighted by molar-refractivity contribution is 5.97. The number of allylic oxidation sites excluding steroid dienone is 2. The van der Waals surface area contributed by atoms with Gasteiger partial charge in [-0.25, -0.2) is 14.5 Å². The zero-order valence-corrected chi connectivity index (χ0v) is 53.8. The van der Waals surface area contributed by atoms with Gasteiger partial charge in [0.1, 0.15) is 0 Å². The Bertz CT molecular complexity index is 5510. The Morgan fingerprint density at radius 3 is 0.781 bits per heavy atom. The Hall–Kier alpha value is -13.9. The molecule has 10 bridgehead atoms. The second-order valence-electron chi connectivity index (χ2n) is 23.5. The standard InChI is InChI=1S/C91H57N5/c1-61-14-10-18-67(34-61)24-29-72-39-77-49-82(44-72)88(60-93)55-78-40-74(30-25-68-19-11-15-62(2)35-68)46-84(51-78)90(95-8)57-80-42-76(32-27-70-21-13-17-64(4)37-70)48-86(53-80)91(96-9)58-81-43-75(31-26-69-20-12-16-63(3)36-69)47-85(52-81)89(94-7)56-79-41-73(45-83(50-79)87(54-77)59-92)33-28-71-23-22-65(5)66(6)38-71/h10-23,34-58H,1-6H3/b87-54+,88-55?,89-56-,90-57-,91-58-. The molecule has 5 nitrogen and oxygen atoms in total. The summed E-state index contributed by atoms with van der Waals surface area (Å²) < 4.78 is 0. The van der Waals surface area contributed by atoms with Gasteiger partial charge in [-0.2, -0.15) is 10.5 Å². The average molecular weight is 1220 g/mol. The van der Waals surface area contributed by atoms with Crippen LogP contribution in [-0.2, 0) is 0 Å². The van der Waals surface area contributed by atoms with E-state index in [2.05, 4.69) is 92.8 Å². The summed E-state index contributed by atoms with van der Waals surface area (Å²) >= 11 is 0. The summed E-state index contributed by atoms with van der Waals surface area (Å²) in [5, 5.41) is 22.6. The van der Waals surface area contributed by atoms with Crippen LogP contribution < -0.4 is 0 Å². The molecule has 5 heteroatoms. The van der Waals surface area contributed by atoms with Crippen LogP contribution in [-0.4, -0.2) is 0 Å².